The van der Waals surface area contributed by atoms with Crippen molar-refractivity contribution < 1.29 is 54.6 Å². The molecule has 0 radical (unpaired) electrons. The van der Waals surface area contributed by atoms with E-state index in [1.54, 1.807) is 23.6 Å². The summed E-state index contributed by atoms with van der Waals surface area (Å²) in [6, 6.07) is 7.87. The molecule has 1 aliphatic heterocycles. The van der Waals surface area contributed by atoms with E-state index in [1.807, 2.05) is 31.2 Å². The third-order valence-corrected chi connectivity index (χ3v) is 6.55. The summed E-state index contributed by atoms with van der Waals surface area (Å²) in [5, 5.41) is 14.2. The molecule has 2 N–H and O–H groups in total. The van der Waals surface area contributed by atoms with Gasteiger partial charge in [-0.15, -0.1) is 0 Å². The van der Waals surface area contributed by atoms with E-state index in [1.165, 1.54) is 0 Å². The summed E-state index contributed by atoms with van der Waals surface area (Å²) in [7, 11) is -3.22. The molecule has 38 heavy (non-hydrogen) atoms. The Bertz CT molecular complexity index is 1170. The Morgan fingerprint density at radius 3 is 1.89 bits per heavy atom. The number of carboxylic acids is 2. The molecule has 0 fully saturated rings. The second kappa shape index (κ2) is 13.4. The van der Waals surface area contributed by atoms with Crippen LogP contribution in [0.2, 0.25) is 0 Å². The van der Waals surface area contributed by atoms with Gasteiger partial charge in [-0.05, 0) is 37.6 Å². The number of nitrogens with zero attached hydrogens (tertiary/aromatic N) is 4. The summed E-state index contributed by atoms with van der Waals surface area (Å²) in [4.78, 5) is 28.7. The number of sulfonamides is 1. The highest BCUT2D eigenvalue weighted by Gasteiger charge is 2.38. The van der Waals surface area contributed by atoms with E-state index in [0.29, 0.717) is 26.2 Å². The van der Waals surface area contributed by atoms with Gasteiger partial charge in [0.2, 0.25) is 10.0 Å². The fourth-order valence-electron chi connectivity index (χ4n) is 2.86. The van der Waals surface area contributed by atoms with Gasteiger partial charge in [0.05, 0.1) is 5.75 Å². The van der Waals surface area contributed by atoms with Crippen molar-refractivity contribution in [3.05, 3.63) is 53.5 Å². The number of aryl methyl sites for hydroxylation is 1. The van der Waals surface area contributed by atoms with Crippen LogP contribution in [0.15, 0.2) is 36.7 Å². The maximum atomic E-state index is 12.3. The van der Waals surface area contributed by atoms with Gasteiger partial charge >= 0.3 is 24.3 Å². The van der Waals surface area contributed by atoms with Crippen LogP contribution < -0.4 is 4.90 Å². The Hall–Kier alpha value is -3.47. The first-order valence-electron chi connectivity index (χ1n) is 10.6. The molecule has 10 nitrogen and oxygen atoms in total. The van der Waals surface area contributed by atoms with E-state index >= 15 is 0 Å². The van der Waals surface area contributed by atoms with Crippen LogP contribution >= 0.6 is 0 Å². The smallest absolute Gasteiger partial charge is 0.475 e. The second-order valence-corrected chi connectivity index (χ2v) is 9.81. The maximum Gasteiger partial charge on any atom is 0.490 e. The molecular formula is C21H24F6N4O6S. The Morgan fingerprint density at radius 1 is 0.947 bits per heavy atom. The number of hydrogen-bond donors (Lipinski definition) is 2. The third kappa shape index (κ3) is 10.5. The largest absolute Gasteiger partial charge is 0.490 e. The number of carboxylic acid groups (broad SMARTS) is 2. The van der Waals surface area contributed by atoms with E-state index in [4.69, 9.17) is 19.8 Å². The molecule has 3 heterocycles. The SMILES string of the molecule is CCS(=O)(=O)N1CCN(Cc2ccncc2)c2nc(C)ccc2C1.O=C(O)C(F)(F)F.O=C(O)C(F)(F)F. The van der Waals surface area contributed by atoms with E-state index in [9.17, 15) is 34.8 Å². The molecule has 0 bridgehead atoms. The minimum absolute atomic E-state index is 0.117. The number of aromatic nitrogens is 2. The van der Waals surface area contributed by atoms with Crippen LogP contribution in [0.5, 0.6) is 0 Å². The molecule has 0 saturated heterocycles. The monoisotopic (exact) mass is 574 g/mol. The predicted molar refractivity (Wildman–Crippen MR) is 122 cm³/mol. The number of fused-ring (bicyclic) bond motifs is 1. The van der Waals surface area contributed by atoms with Gasteiger partial charge in [0.1, 0.15) is 5.82 Å². The number of rotatable bonds is 4. The van der Waals surface area contributed by atoms with Crippen LogP contribution in [-0.4, -0.2) is 76.0 Å². The molecule has 2 aromatic heterocycles. The van der Waals surface area contributed by atoms with Gasteiger partial charge in [-0.1, -0.05) is 6.07 Å². The van der Waals surface area contributed by atoms with Gasteiger partial charge in [0.25, 0.3) is 0 Å². The minimum atomic E-state index is -5.08. The Labute approximate surface area is 213 Å². The lowest BCUT2D eigenvalue weighted by Gasteiger charge is -2.24. The van der Waals surface area contributed by atoms with Crippen molar-refractivity contribution in [2.45, 2.75) is 39.3 Å². The number of aliphatic carboxylic acids is 2. The lowest BCUT2D eigenvalue weighted by molar-refractivity contribution is -0.193. The lowest BCUT2D eigenvalue weighted by Crippen LogP contribution is -2.36. The van der Waals surface area contributed by atoms with Crippen molar-refractivity contribution in [3.63, 3.8) is 0 Å². The van der Waals surface area contributed by atoms with E-state index in [0.717, 1.165) is 22.6 Å². The third-order valence-electron chi connectivity index (χ3n) is 4.73. The predicted octanol–water partition coefficient (Wildman–Crippen LogP) is 3.22. The number of alkyl halides is 6. The van der Waals surface area contributed by atoms with Gasteiger partial charge in [-0.3, -0.25) is 4.98 Å². The molecule has 0 aliphatic carbocycles. The van der Waals surface area contributed by atoms with Gasteiger partial charge < -0.3 is 15.1 Å². The first-order valence-corrected chi connectivity index (χ1v) is 12.2. The zero-order valence-electron chi connectivity index (χ0n) is 20.0. The van der Waals surface area contributed by atoms with Crippen molar-refractivity contribution >= 4 is 27.8 Å². The van der Waals surface area contributed by atoms with Gasteiger partial charge in [0, 0.05) is 49.8 Å². The number of anilines is 1. The first kappa shape index (κ1) is 32.6. The first-order chi connectivity index (χ1) is 17.4. The fraction of sp³-hybridized carbons (Fsp3) is 0.429. The molecule has 3 rings (SSSR count). The average Bonchev–Trinajstić information content (AvgIpc) is 2.99. The number of pyridine rings is 2. The second-order valence-electron chi connectivity index (χ2n) is 7.55. The number of carbonyl (C=O) groups is 2. The molecule has 0 amide bonds. The lowest BCUT2D eigenvalue weighted by atomic mass is 10.2. The van der Waals surface area contributed by atoms with Crippen molar-refractivity contribution in [3.8, 4) is 0 Å². The highest BCUT2D eigenvalue weighted by molar-refractivity contribution is 7.89. The average molecular weight is 575 g/mol. The zero-order valence-corrected chi connectivity index (χ0v) is 20.8. The molecule has 17 heteroatoms. The molecule has 0 spiro atoms. The molecular weight excluding hydrogens is 550 g/mol. The van der Waals surface area contributed by atoms with E-state index < -0.39 is 34.3 Å². The molecule has 0 atom stereocenters. The molecule has 1 aliphatic rings. The molecule has 212 valence electrons. The van der Waals surface area contributed by atoms with Crippen LogP contribution in [0, 0.1) is 6.92 Å². The van der Waals surface area contributed by atoms with Crippen molar-refractivity contribution in [1.29, 1.82) is 0 Å². The van der Waals surface area contributed by atoms with E-state index in [-0.39, 0.29) is 5.75 Å². The Morgan fingerprint density at radius 2 is 1.45 bits per heavy atom. The van der Waals surface area contributed by atoms with Gasteiger partial charge in [-0.2, -0.15) is 30.6 Å². The quantitative estimate of drug-likeness (QED) is 0.527. The maximum absolute atomic E-state index is 12.3. The molecule has 0 unspecified atom stereocenters. The summed E-state index contributed by atoms with van der Waals surface area (Å²) >= 11 is 0. The van der Waals surface area contributed by atoms with Crippen LogP contribution in [-0.2, 0) is 32.7 Å². The van der Waals surface area contributed by atoms with Gasteiger partial charge in [-0.25, -0.2) is 23.0 Å². The summed E-state index contributed by atoms with van der Waals surface area (Å²) < 4.78 is 89.7. The zero-order chi connectivity index (χ0) is 29.3. The van der Waals surface area contributed by atoms with Crippen LogP contribution in [0.25, 0.3) is 0 Å². The normalized spacial score (nSPS) is 14.2. The van der Waals surface area contributed by atoms with Crippen LogP contribution in [0.1, 0.15) is 23.7 Å². The van der Waals surface area contributed by atoms with Crippen LogP contribution in [0.4, 0.5) is 32.2 Å². The summed E-state index contributed by atoms with van der Waals surface area (Å²) in [5.41, 5.74) is 3.01. The topological polar surface area (TPSA) is 141 Å². The minimum Gasteiger partial charge on any atom is -0.475 e. The van der Waals surface area contributed by atoms with Crippen molar-refractivity contribution in [1.82, 2.24) is 14.3 Å². The van der Waals surface area contributed by atoms with Gasteiger partial charge in [0.15, 0.2) is 0 Å². The van der Waals surface area contributed by atoms with Crippen molar-refractivity contribution in [2.24, 2.45) is 0 Å². The summed E-state index contributed by atoms with van der Waals surface area (Å²) in [6.45, 7) is 5.79. The molecule has 2 aromatic rings. The van der Waals surface area contributed by atoms with Crippen molar-refractivity contribution in [2.75, 3.05) is 23.7 Å². The van der Waals surface area contributed by atoms with E-state index in [2.05, 4.69) is 14.9 Å². The molecule has 0 aromatic carbocycles. The Balaban J connectivity index is 0.000000426. The highest BCUT2D eigenvalue weighted by atomic mass is 32.2. The molecule has 0 saturated carbocycles. The summed E-state index contributed by atoms with van der Waals surface area (Å²) in [6.07, 6.45) is -6.63. The summed E-state index contributed by atoms with van der Waals surface area (Å²) in [5.74, 6) is -4.52. The standard InChI is InChI=1S/C17H22N4O2S.2C2HF3O2/c1-3-24(22,23)21-11-10-20(12-15-6-8-18-9-7-15)17-16(13-21)5-4-14(2)19-17;2*3-2(4,5)1(6)7/h4-9H,3,10-13H2,1-2H3;2*(H,6,7). The van der Waals surface area contributed by atoms with Crippen LogP contribution in [0.3, 0.4) is 0 Å². The Kier molecular flexibility index (Phi) is 11.4. The number of halogens is 6. The number of hydrogen-bond acceptors (Lipinski definition) is 7. The fourth-order valence-corrected chi connectivity index (χ4v) is 3.92. The highest BCUT2D eigenvalue weighted by Crippen LogP contribution is 2.26.